The van der Waals surface area contributed by atoms with E-state index in [1.807, 2.05) is 6.92 Å². The van der Waals surface area contributed by atoms with Crippen molar-refractivity contribution >= 4 is 23.5 Å². The monoisotopic (exact) mass is 317 g/mol. The molecule has 1 aliphatic rings. The Morgan fingerprint density at radius 1 is 1.32 bits per heavy atom. The van der Waals surface area contributed by atoms with Gasteiger partial charge in [-0.2, -0.15) is 0 Å². The fourth-order valence-electron chi connectivity index (χ4n) is 2.26. The molecule has 0 bridgehead atoms. The smallest absolute Gasteiger partial charge is 0.264 e. The summed E-state index contributed by atoms with van der Waals surface area (Å²) in [4.78, 5) is 28.7. The van der Waals surface area contributed by atoms with E-state index in [1.54, 1.807) is 12.1 Å². The zero-order chi connectivity index (χ0) is 15.7. The van der Waals surface area contributed by atoms with E-state index in [9.17, 15) is 14.7 Å². The molecule has 22 heavy (non-hydrogen) atoms. The summed E-state index contributed by atoms with van der Waals surface area (Å²) in [5.41, 5.74) is 0.766. The second-order valence-corrected chi connectivity index (χ2v) is 6.01. The zero-order valence-corrected chi connectivity index (χ0v) is 12.8. The van der Waals surface area contributed by atoms with Gasteiger partial charge in [-0.25, -0.2) is 4.98 Å². The Hall–Kier alpha value is -2.28. The first kappa shape index (κ1) is 14.6. The number of aromatic hydroxyl groups is 1. The average molecular weight is 317 g/mol. The molecule has 0 fully saturated rings. The number of benzene rings is 1. The van der Waals surface area contributed by atoms with Crippen LogP contribution in [0, 0.1) is 0 Å². The van der Waals surface area contributed by atoms with Gasteiger partial charge in [-0.1, -0.05) is 18.7 Å². The largest absolute Gasteiger partial charge is 0.508 e. The maximum Gasteiger partial charge on any atom is 0.264 e. The molecular weight excluding hydrogens is 302 g/mol. The van der Waals surface area contributed by atoms with Gasteiger partial charge in [-0.15, -0.1) is 0 Å². The van der Waals surface area contributed by atoms with Crippen molar-refractivity contribution in [1.82, 2.24) is 9.55 Å². The highest BCUT2D eigenvalue weighted by molar-refractivity contribution is 7.99. The van der Waals surface area contributed by atoms with Crippen LogP contribution in [0.2, 0.25) is 0 Å². The molecule has 0 unspecified atom stereocenters. The highest BCUT2D eigenvalue weighted by atomic mass is 32.2. The van der Waals surface area contributed by atoms with Gasteiger partial charge in [-0.05, 0) is 30.7 Å². The van der Waals surface area contributed by atoms with Gasteiger partial charge in [0.2, 0.25) is 5.91 Å². The fourth-order valence-corrected chi connectivity index (χ4v) is 3.12. The van der Waals surface area contributed by atoms with Crippen molar-refractivity contribution in [2.75, 3.05) is 11.1 Å². The number of fused-ring (bicyclic) bond motifs is 1. The number of carbonyl (C=O) groups is 1. The summed E-state index contributed by atoms with van der Waals surface area (Å²) < 4.78 is 1.50. The van der Waals surface area contributed by atoms with Crippen LogP contribution in [0.5, 0.6) is 5.75 Å². The Kier molecular flexibility index (Phi) is 3.89. The lowest BCUT2D eigenvalue weighted by molar-refractivity contribution is -0.115. The molecule has 0 aliphatic carbocycles. The topological polar surface area (TPSA) is 84.2 Å². The number of carbonyl (C=O) groups excluding carboxylic acids is 1. The third-order valence-electron chi connectivity index (χ3n) is 3.28. The van der Waals surface area contributed by atoms with Crippen molar-refractivity contribution in [2.24, 2.45) is 0 Å². The van der Waals surface area contributed by atoms with Crippen LogP contribution < -0.4 is 10.9 Å². The molecule has 0 atom stereocenters. The summed E-state index contributed by atoms with van der Waals surface area (Å²) in [6, 6.07) is 6.36. The van der Waals surface area contributed by atoms with Crippen molar-refractivity contribution in [2.45, 2.75) is 24.9 Å². The lowest BCUT2D eigenvalue weighted by atomic mass is 10.2. The number of anilines is 1. The Balaban J connectivity index is 2.18. The summed E-state index contributed by atoms with van der Waals surface area (Å²) in [7, 11) is 0. The summed E-state index contributed by atoms with van der Waals surface area (Å²) >= 11 is 1.47. The maximum atomic E-state index is 12.7. The van der Waals surface area contributed by atoms with Crippen LogP contribution in [0.4, 0.5) is 5.82 Å². The summed E-state index contributed by atoms with van der Waals surface area (Å²) in [6.45, 7) is 2.05. The summed E-state index contributed by atoms with van der Waals surface area (Å²) in [6.07, 6.45) is 0.998. The molecule has 2 aromatic rings. The molecule has 6 nitrogen and oxygen atoms in total. The van der Waals surface area contributed by atoms with Gasteiger partial charge in [0, 0.05) is 5.75 Å². The fraction of sp³-hybridized carbons (Fsp3) is 0.267. The van der Waals surface area contributed by atoms with Crippen LogP contribution in [0.3, 0.4) is 0 Å². The minimum absolute atomic E-state index is 0.0535. The number of phenolic OH excluding ortho intramolecular Hbond substituents is 1. The van der Waals surface area contributed by atoms with E-state index in [-0.39, 0.29) is 23.6 Å². The number of rotatable bonds is 4. The molecule has 1 amide bonds. The number of hydrogen-bond donors (Lipinski definition) is 2. The molecule has 0 spiro atoms. The number of nitrogens with zero attached hydrogens (tertiary/aromatic N) is 2. The lowest BCUT2D eigenvalue weighted by Crippen LogP contribution is -2.24. The minimum Gasteiger partial charge on any atom is -0.508 e. The third-order valence-corrected chi connectivity index (χ3v) is 4.43. The Labute approximate surface area is 131 Å². The number of thioether (sulfide) groups is 1. The zero-order valence-electron chi connectivity index (χ0n) is 12.0. The highest BCUT2D eigenvalue weighted by Crippen LogP contribution is 2.25. The second-order valence-electron chi connectivity index (χ2n) is 4.95. The lowest BCUT2D eigenvalue weighted by Gasteiger charge is -2.13. The standard InChI is InChI=1S/C15H15N3O3S/c1-2-7-22-15-17-13-11(8-12(20)16-13)14(21)18(15)9-3-5-10(19)6-4-9/h3-6,19H,2,7-8H2,1H3,(H,16,20). The number of nitrogens with one attached hydrogen (secondary N) is 1. The molecule has 3 rings (SSSR count). The van der Waals surface area contributed by atoms with Gasteiger partial charge in [0.05, 0.1) is 17.7 Å². The molecule has 1 aromatic heterocycles. The van der Waals surface area contributed by atoms with Gasteiger partial charge in [0.1, 0.15) is 11.6 Å². The van der Waals surface area contributed by atoms with Gasteiger partial charge in [0.25, 0.3) is 5.56 Å². The quantitative estimate of drug-likeness (QED) is 0.665. The molecule has 0 saturated carbocycles. The molecule has 1 aliphatic heterocycles. The predicted octanol–water partition coefficient (Wildman–Crippen LogP) is 1.93. The number of amides is 1. The van der Waals surface area contributed by atoms with Crippen LogP contribution in [-0.4, -0.2) is 26.3 Å². The Bertz CT molecular complexity index is 784. The van der Waals surface area contributed by atoms with E-state index in [4.69, 9.17) is 0 Å². The molecule has 0 radical (unpaired) electrons. The van der Waals surface area contributed by atoms with E-state index in [0.717, 1.165) is 12.2 Å². The van der Waals surface area contributed by atoms with E-state index < -0.39 is 0 Å². The summed E-state index contributed by atoms with van der Waals surface area (Å²) in [5, 5.41) is 12.6. The first-order chi connectivity index (χ1) is 10.6. The van der Waals surface area contributed by atoms with Crippen LogP contribution in [0.25, 0.3) is 5.69 Å². The van der Waals surface area contributed by atoms with Gasteiger partial charge in [-0.3, -0.25) is 14.2 Å². The second kappa shape index (κ2) is 5.84. The highest BCUT2D eigenvalue weighted by Gasteiger charge is 2.26. The van der Waals surface area contributed by atoms with Gasteiger partial charge in [0.15, 0.2) is 5.16 Å². The van der Waals surface area contributed by atoms with Crippen LogP contribution in [0.15, 0.2) is 34.2 Å². The number of phenols is 1. The van der Waals surface area contributed by atoms with E-state index in [1.165, 1.54) is 28.5 Å². The van der Waals surface area contributed by atoms with Crippen LogP contribution >= 0.6 is 11.8 Å². The predicted molar refractivity (Wildman–Crippen MR) is 84.8 cm³/mol. The first-order valence-corrected chi connectivity index (χ1v) is 7.96. The van der Waals surface area contributed by atoms with E-state index in [0.29, 0.717) is 22.2 Å². The SMILES string of the molecule is CCCSc1nc2c(c(=O)n1-c1ccc(O)cc1)CC(=O)N2. The van der Waals surface area contributed by atoms with Crippen molar-refractivity contribution in [3.8, 4) is 11.4 Å². The van der Waals surface area contributed by atoms with Crippen LogP contribution in [-0.2, 0) is 11.2 Å². The molecule has 114 valence electrons. The van der Waals surface area contributed by atoms with Crippen molar-refractivity contribution < 1.29 is 9.90 Å². The van der Waals surface area contributed by atoms with Crippen molar-refractivity contribution in [3.63, 3.8) is 0 Å². The molecule has 7 heteroatoms. The van der Waals surface area contributed by atoms with Gasteiger partial charge >= 0.3 is 0 Å². The molecular formula is C15H15N3O3S. The van der Waals surface area contributed by atoms with Crippen LogP contribution in [0.1, 0.15) is 18.9 Å². The molecule has 0 saturated heterocycles. The number of aromatic nitrogens is 2. The minimum atomic E-state index is -0.243. The Morgan fingerprint density at radius 3 is 2.73 bits per heavy atom. The van der Waals surface area contributed by atoms with E-state index in [2.05, 4.69) is 10.3 Å². The Morgan fingerprint density at radius 2 is 2.05 bits per heavy atom. The van der Waals surface area contributed by atoms with Crippen molar-refractivity contribution in [1.29, 1.82) is 0 Å². The van der Waals surface area contributed by atoms with Gasteiger partial charge < -0.3 is 10.4 Å². The maximum absolute atomic E-state index is 12.7. The number of hydrogen-bond acceptors (Lipinski definition) is 5. The first-order valence-electron chi connectivity index (χ1n) is 6.98. The molecule has 2 N–H and O–H groups in total. The molecule has 2 heterocycles. The molecule has 1 aromatic carbocycles. The van der Waals surface area contributed by atoms with E-state index >= 15 is 0 Å². The third kappa shape index (κ3) is 2.59. The average Bonchev–Trinajstić information content (AvgIpc) is 2.87. The van der Waals surface area contributed by atoms with Crippen molar-refractivity contribution in [3.05, 3.63) is 40.2 Å². The normalized spacial score (nSPS) is 13.0. The summed E-state index contributed by atoms with van der Waals surface area (Å²) in [5.74, 6) is 1.10.